The van der Waals surface area contributed by atoms with Gasteiger partial charge in [0.05, 0.1) is 23.5 Å². The van der Waals surface area contributed by atoms with Crippen LogP contribution in [0.1, 0.15) is 5.56 Å². The number of carbonyl (C=O) groups excluding carboxylic acids is 2. The second-order valence-electron chi connectivity index (χ2n) is 3.35. The van der Waals surface area contributed by atoms with Crippen LogP contribution >= 0.6 is 15.9 Å². The molecule has 0 aliphatic rings. The highest BCUT2D eigenvalue weighted by Crippen LogP contribution is 2.36. The van der Waals surface area contributed by atoms with Crippen LogP contribution < -0.4 is 19.7 Å². The molecule has 0 amide bonds. The van der Waals surface area contributed by atoms with Crippen molar-refractivity contribution in [2.24, 2.45) is 0 Å². The molecule has 0 fully saturated rings. The Morgan fingerprint density at radius 2 is 2.05 bits per heavy atom. The monoisotopic (exact) mass is 328 g/mol. The Balaban J connectivity index is 3.07. The maximum absolute atomic E-state index is 10.4. The van der Waals surface area contributed by atoms with Crippen molar-refractivity contribution in [1.29, 1.82) is 0 Å². The summed E-state index contributed by atoms with van der Waals surface area (Å²) < 4.78 is 10.5. The van der Waals surface area contributed by atoms with Crippen molar-refractivity contribution >= 4 is 33.9 Å². The summed E-state index contributed by atoms with van der Waals surface area (Å²) in [6, 6.07) is 3.04. The van der Waals surface area contributed by atoms with Crippen molar-refractivity contribution in [2.75, 3.05) is 13.7 Å². The molecule has 1 aromatic rings. The van der Waals surface area contributed by atoms with Gasteiger partial charge in [-0.15, -0.1) is 0 Å². The normalized spacial score (nSPS) is 10.4. The van der Waals surface area contributed by atoms with E-state index in [1.165, 1.54) is 19.3 Å². The average Bonchev–Trinajstić information content (AvgIpc) is 2.34. The van der Waals surface area contributed by atoms with Crippen LogP contribution in [0, 0.1) is 0 Å². The van der Waals surface area contributed by atoms with Gasteiger partial charge in [-0.3, -0.25) is 0 Å². The molecule has 7 heteroatoms. The molecule has 0 aromatic heterocycles. The predicted octanol–water partition coefficient (Wildman–Crippen LogP) is -0.651. The molecule has 0 unspecified atom stereocenters. The van der Waals surface area contributed by atoms with E-state index in [9.17, 15) is 19.8 Å². The van der Waals surface area contributed by atoms with E-state index >= 15 is 0 Å². The first kappa shape index (κ1) is 15.0. The van der Waals surface area contributed by atoms with Crippen LogP contribution in [-0.2, 0) is 9.59 Å². The number of hydrogen-bond acceptors (Lipinski definition) is 6. The first-order chi connectivity index (χ1) is 8.93. The maximum atomic E-state index is 10.4. The smallest absolute Gasteiger partial charge is 0.175 e. The number of carboxylic acid groups (broad SMARTS) is 2. The minimum atomic E-state index is -1.37. The maximum Gasteiger partial charge on any atom is 0.175 e. The number of methoxy groups -OCH3 is 1. The lowest BCUT2D eigenvalue weighted by molar-refractivity contribution is -0.307. The minimum Gasteiger partial charge on any atom is -0.546 e. The van der Waals surface area contributed by atoms with E-state index in [2.05, 4.69) is 15.9 Å². The zero-order valence-corrected chi connectivity index (χ0v) is 11.4. The van der Waals surface area contributed by atoms with Gasteiger partial charge in [0.25, 0.3) is 0 Å². The third kappa shape index (κ3) is 4.63. The second kappa shape index (κ2) is 6.79. The number of ether oxygens (including phenoxy) is 2. The van der Waals surface area contributed by atoms with Crippen LogP contribution in [0.4, 0.5) is 0 Å². The molecule has 1 aromatic carbocycles. The first-order valence-electron chi connectivity index (χ1n) is 5.03. The topological polar surface area (TPSA) is 98.7 Å². The van der Waals surface area contributed by atoms with Crippen LogP contribution in [0.5, 0.6) is 11.5 Å². The predicted molar refractivity (Wildman–Crippen MR) is 65.2 cm³/mol. The molecule has 0 saturated heterocycles. The third-order valence-corrected chi connectivity index (χ3v) is 2.59. The molecule has 0 aliphatic carbocycles. The van der Waals surface area contributed by atoms with Crippen molar-refractivity contribution in [1.82, 2.24) is 0 Å². The van der Waals surface area contributed by atoms with Gasteiger partial charge in [0.2, 0.25) is 0 Å². The Morgan fingerprint density at radius 3 is 2.58 bits per heavy atom. The fraction of sp³-hybridized carbons (Fsp3) is 0.167. The van der Waals surface area contributed by atoms with Gasteiger partial charge in [-0.1, -0.05) is 6.08 Å². The Morgan fingerprint density at radius 1 is 1.37 bits per heavy atom. The number of carbonyl (C=O) groups is 2. The third-order valence-electron chi connectivity index (χ3n) is 2.00. The summed E-state index contributed by atoms with van der Waals surface area (Å²) in [6.45, 7) is -0.622. The Bertz CT molecular complexity index is 523. The largest absolute Gasteiger partial charge is 0.546 e. The summed E-state index contributed by atoms with van der Waals surface area (Å²) in [6.07, 6.45) is 2.17. The summed E-state index contributed by atoms with van der Waals surface area (Å²) in [5, 5.41) is 20.7. The molecular weight excluding hydrogens is 320 g/mol. The summed E-state index contributed by atoms with van der Waals surface area (Å²) >= 11 is 3.18. The first-order valence-corrected chi connectivity index (χ1v) is 5.82. The van der Waals surface area contributed by atoms with Gasteiger partial charge < -0.3 is 29.3 Å². The zero-order chi connectivity index (χ0) is 14.4. The minimum absolute atomic E-state index is 0.192. The highest BCUT2D eigenvalue weighted by atomic mass is 79.9. The van der Waals surface area contributed by atoms with Gasteiger partial charge in [0.15, 0.2) is 11.5 Å². The van der Waals surface area contributed by atoms with Gasteiger partial charge in [-0.2, -0.15) is 0 Å². The van der Waals surface area contributed by atoms with E-state index in [0.717, 1.165) is 6.08 Å². The van der Waals surface area contributed by atoms with Crippen molar-refractivity contribution in [3.8, 4) is 11.5 Å². The van der Waals surface area contributed by atoms with E-state index in [1.807, 2.05) is 0 Å². The summed E-state index contributed by atoms with van der Waals surface area (Å²) in [7, 11) is 1.37. The van der Waals surface area contributed by atoms with Crippen LogP contribution in [-0.4, -0.2) is 25.7 Å². The molecule has 0 N–H and O–H groups in total. The number of rotatable bonds is 6. The molecule has 0 atom stereocenters. The van der Waals surface area contributed by atoms with Crippen molar-refractivity contribution in [3.63, 3.8) is 0 Å². The molecule has 0 heterocycles. The molecule has 0 spiro atoms. The molecule has 19 heavy (non-hydrogen) atoms. The number of aliphatic carboxylic acids is 2. The summed E-state index contributed by atoms with van der Waals surface area (Å²) in [5.74, 6) is -2.24. The molecule has 0 saturated carbocycles. The molecule has 102 valence electrons. The van der Waals surface area contributed by atoms with E-state index in [0.29, 0.717) is 10.0 Å². The lowest BCUT2D eigenvalue weighted by atomic mass is 10.2. The molecular formula is C12H9BrO6-2. The SMILES string of the molecule is COc1cc(/C=C/C(=O)[O-])cc(Br)c1OCC(=O)[O-]. The van der Waals surface area contributed by atoms with Crippen molar-refractivity contribution in [2.45, 2.75) is 0 Å². The highest BCUT2D eigenvalue weighted by Gasteiger charge is 2.10. The van der Waals surface area contributed by atoms with Gasteiger partial charge in [-0.25, -0.2) is 0 Å². The van der Waals surface area contributed by atoms with Crippen LogP contribution in [0.25, 0.3) is 6.08 Å². The summed E-state index contributed by atoms with van der Waals surface area (Å²) in [4.78, 5) is 20.7. The average molecular weight is 329 g/mol. The van der Waals surface area contributed by atoms with E-state index in [1.54, 1.807) is 6.07 Å². The zero-order valence-electron chi connectivity index (χ0n) is 9.84. The highest BCUT2D eigenvalue weighted by molar-refractivity contribution is 9.10. The second-order valence-corrected chi connectivity index (χ2v) is 4.20. The van der Waals surface area contributed by atoms with Crippen LogP contribution in [0.2, 0.25) is 0 Å². The molecule has 6 nitrogen and oxygen atoms in total. The molecule has 0 radical (unpaired) electrons. The molecule has 0 aliphatic heterocycles. The number of halogens is 1. The van der Waals surface area contributed by atoms with Crippen LogP contribution in [0.15, 0.2) is 22.7 Å². The van der Waals surface area contributed by atoms with Crippen LogP contribution in [0.3, 0.4) is 0 Å². The molecule has 0 bridgehead atoms. The standard InChI is InChI=1S/C12H11BrO6/c1-18-9-5-7(2-3-10(14)15)4-8(13)12(9)19-6-11(16)17/h2-5H,6H2,1H3,(H,14,15)(H,16,17)/p-2/b3-2+. The Hall–Kier alpha value is -2.02. The fourth-order valence-corrected chi connectivity index (χ4v) is 1.85. The summed E-state index contributed by atoms with van der Waals surface area (Å²) in [5.41, 5.74) is 0.522. The van der Waals surface area contributed by atoms with E-state index < -0.39 is 18.5 Å². The Labute approximate surface area is 117 Å². The Kier molecular flexibility index (Phi) is 5.37. The van der Waals surface area contributed by atoms with Gasteiger partial charge >= 0.3 is 0 Å². The molecule has 1 rings (SSSR count). The number of benzene rings is 1. The van der Waals surface area contributed by atoms with Crippen molar-refractivity contribution < 1.29 is 29.3 Å². The fourth-order valence-electron chi connectivity index (χ4n) is 1.27. The quantitative estimate of drug-likeness (QED) is 0.643. The van der Waals surface area contributed by atoms with Gasteiger partial charge in [-0.05, 0) is 39.7 Å². The lowest BCUT2D eigenvalue weighted by Crippen LogP contribution is -2.29. The lowest BCUT2D eigenvalue weighted by Gasteiger charge is -2.13. The van der Waals surface area contributed by atoms with E-state index in [4.69, 9.17) is 9.47 Å². The van der Waals surface area contributed by atoms with Gasteiger partial charge in [0, 0.05) is 0 Å². The van der Waals surface area contributed by atoms with Gasteiger partial charge in [0.1, 0.15) is 6.61 Å². The van der Waals surface area contributed by atoms with E-state index in [-0.39, 0.29) is 11.5 Å². The van der Waals surface area contributed by atoms with Crippen molar-refractivity contribution in [3.05, 3.63) is 28.2 Å². The number of carboxylic acids is 2. The number of hydrogen-bond donors (Lipinski definition) is 0.